The van der Waals surface area contributed by atoms with E-state index < -0.39 is 4.92 Å². The van der Waals surface area contributed by atoms with Crippen LogP contribution in [0, 0.1) is 10.1 Å². The summed E-state index contributed by atoms with van der Waals surface area (Å²) >= 11 is 5.70. The summed E-state index contributed by atoms with van der Waals surface area (Å²) in [5.74, 6) is 0.216. The van der Waals surface area contributed by atoms with Gasteiger partial charge in [-0.3, -0.25) is 10.1 Å². The summed E-state index contributed by atoms with van der Waals surface area (Å²) in [5, 5.41) is 10.7. The first-order chi connectivity index (χ1) is 9.13. The first kappa shape index (κ1) is 15.7. The Morgan fingerprint density at radius 3 is 2.63 bits per heavy atom. The molecule has 0 aliphatic heterocycles. The molecule has 0 saturated carbocycles. The number of hydrogen-bond donors (Lipinski definition) is 0. The molecule has 19 heavy (non-hydrogen) atoms. The smallest absolute Gasteiger partial charge is 0.277 e. The Kier molecular flexibility index (Phi) is 7.18. The van der Waals surface area contributed by atoms with E-state index in [9.17, 15) is 10.1 Å². The summed E-state index contributed by atoms with van der Waals surface area (Å²) in [4.78, 5) is 14.0. The molecule has 0 bridgehead atoms. The van der Waals surface area contributed by atoms with Crippen LogP contribution in [0.1, 0.15) is 45.4 Å². The van der Waals surface area contributed by atoms with E-state index in [-0.39, 0.29) is 16.7 Å². The number of nitro groups is 1. The molecule has 0 fully saturated rings. The molecule has 1 heterocycles. The Balaban J connectivity index is 2.31. The van der Waals surface area contributed by atoms with Crippen LogP contribution in [0.4, 0.5) is 5.69 Å². The molecule has 0 unspecified atom stereocenters. The van der Waals surface area contributed by atoms with E-state index in [1.807, 2.05) is 0 Å². The molecule has 0 amide bonds. The molecule has 0 aromatic carbocycles. The van der Waals surface area contributed by atoms with Crippen molar-refractivity contribution >= 4 is 17.3 Å². The molecule has 6 heteroatoms. The number of hydrogen-bond acceptors (Lipinski definition) is 4. The van der Waals surface area contributed by atoms with Gasteiger partial charge >= 0.3 is 0 Å². The largest absolute Gasteiger partial charge is 0.477 e. The van der Waals surface area contributed by atoms with Gasteiger partial charge in [0.2, 0.25) is 5.88 Å². The van der Waals surface area contributed by atoms with E-state index in [4.69, 9.17) is 16.3 Å². The van der Waals surface area contributed by atoms with Gasteiger partial charge < -0.3 is 4.74 Å². The minimum Gasteiger partial charge on any atom is -0.477 e. The second-order valence-electron chi connectivity index (χ2n) is 4.36. The van der Waals surface area contributed by atoms with Crippen molar-refractivity contribution in [2.45, 2.75) is 45.4 Å². The van der Waals surface area contributed by atoms with E-state index in [0.717, 1.165) is 12.8 Å². The second-order valence-corrected chi connectivity index (χ2v) is 4.75. The first-order valence-corrected chi connectivity index (χ1v) is 6.96. The molecule has 1 aromatic heterocycles. The van der Waals surface area contributed by atoms with Gasteiger partial charge in [0.1, 0.15) is 5.15 Å². The van der Waals surface area contributed by atoms with E-state index >= 15 is 0 Å². The Labute approximate surface area is 118 Å². The van der Waals surface area contributed by atoms with Gasteiger partial charge in [0.25, 0.3) is 5.69 Å². The Hall–Kier alpha value is -1.36. The molecule has 0 radical (unpaired) electrons. The van der Waals surface area contributed by atoms with Crippen molar-refractivity contribution in [3.8, 4) is 5.88 Å². The second kappa shape index (κ2) is 8.69. The van der Waals surface area contributed by atoms with Crippen LogP contribution in [-0.4, -0.2) is 16.5 Å². The quantitative estimate of drug-likeness (QED) is 0.292. The van der Waals surface area contributed by atoms with Crippen molar-refractivity contribution in [3.63, 3.8) is 0 Å². The maximum absolute atomic E-state index is 10.6. The van der Waals surface area contributed by atoms with Crippen LogP contribution in [0.2, 0.25) is 5.15 Å². The fraction of sp³-hybridized carbons (Fsp3) is 0.615. The molecule has 106 valence electrons. The molecule has 0 spiro atoms. The number of pyridine rings is 1. The van der Waals surface area contributed by atoms with Crippen molar-refractivity contribution < 1.29 is 9.66 Å². The van der Waals surface area contributed by atoms with E-state index in [1.165, 1.54) is 37.8 Å². The number of unbranched alkanes of at least 4 members (excludes halogenated alkanes) is 5. The Morgan fingerprint density at radius 2 is 1.95 bits per heavy atom. The molecule has 0 aliphatic rings. The predicted molar refractivity (Wildman–Crippen MR) is 74.8 cm³/mol. The van der Waals surface area contributed by atoms with Gasteiger partial charge in [0.15, 0.2) is 0 Å². The number of ether oxygens (including phenoxy) is 1. The molecule has 1 rings (SSSR count). The van der Waals surface area contributed by atoms with Gasteiger partial charge in [-0.2, -0.15) is 0 Å². The van der Waals surface area contributed by atoms with Crippen molar-refractivity contribution in [3.05, 3.63) is 27.4 Å². The average molecular weight is 287 g/mol. The van der Waals surface area contributed by atoms with E-state index in [1.54, 1.807) is 0 Å². The SMILES string of the molecule is CCCCCCCCOc1cc([N+](=O)[O-])cc(Cl)n1. The van der Waals surface area contributed by atoms with Crippen LogP contribution in [0.3, 0.4) is 0 Å². The molecule has 0 saturated heterocycles. The van der Waals surface area contributed by atoms with Crippen molar-refractivity contribution in [2.75, 3.05) is 6.61 Å². The van der Waals surface area contributed by atoms with Gasteiger partial charge in [0, 0.05) is 0 Å². The van der Waals surface area contributed by atoms with Gasteiger partial charge in [-0.15, -0.1) is 0 Å². The minimum atomic E-state index is -0.509. The summed E-state index contributed by atoms with van der Waals surface area (Å²) in [5.41, 5.74) is -0.0991. The molecule has 0 aliphatic carbocycles. The van der Waals surface area contributed by atoms with Crippen LogP contribution < -0.4 is 4.74 Å². The number of rotatable bonds is 9. The lowest BCUT2D eigenvalue weighted by molar-refractivity contribution is -0.385. The topological polar surface area (TPSA) is 65.3 Å². The van der Waals surface area contributed by atoms with Gasteiger partial charge in [-0.25, -0.2) is 4.98 Å². The molecule has 1 aromatic rings. The summed E-state index contributed by atoms with van der Waals surface area (Å²) in [6.07, 6.45) is 6.96. The van der Waals surface area contributed by atoms with Crippen molar-refractivity contribution in [2.24, 2.45) is 0 Å². The molecular weight excluding hydrogens is 268 g/mol. The summed E-state index contributed by atoms with van der Waals surface area (Å²) in [7, 11) is 0. The van der Waals surface area contributed by atoms with Crippen molar-refractivity contribution in [1.82, 2.24) is 4.98 Å². The maximum Gasteiger partial charge on any atom is 0.277 e. The molecule has 5 nitrogen and oxygen atoms in total. The zero-order valence-corrected chi connectivity index (χ0v) is 11.9. The third kappa shape index (κ3) is 6.38. The van der Waals surface area contributed by atoms with Gasteiger partial charge in [0.05, 0.1) is 23.7 Å². The summed E-state index contributed by atoms with van der Waals surface area (Å²) < 4.78 is 5.38. The average Bonchev–Trinajstić information content (AvgIpc) is 2.37. The highest BCUT2D eigenvalue weighted by atomic mass is 35.5. The standard InChI is InChI=1S/C13H19ClN2O3/c1-2-3-4-5-6-7-8-19-13-10-11(16(17)18)9-12(14)15-13/h9-10H,2-8H2,1H3. The van der Waals surface area contributed by atoms with E-state index in [0.29, 0.717) is 6.61 Å². The predicted octanol–water partition coefficient (Wildman–Crippen LogP) is 4.38. The minimum absolute atomic E-state index is 0.0761. The lowest BCUT2D eigenvalue weighted by atomic mass is 10.1. The zero-order valence-electron chi connectivity index (χ0n) is 11.1. The number of aromatic nitrogens is 1. The Morgan fingerprint density at radius 1 is 1.26 bits per heavy atom. The third-order valence-electron chi connectivity index (χ3n) is 2.71. The van der Waals surface area contributed by atoms with Crippen LogP contribution in [0.5, 0.6) is 5.88 Å². The van der Waals surface area contributed by atoms with Crippen molar-refractivity contribution in [1.29, 1.82) is 0 Å². The fourth-order valence-corrected chi connectivity index (χ4v) is 1.89. The summed E-state index contributed by atoms with van der Waals surface area (Å²) in [6.45, 7) is 2.69. The Bertz CT molecular complexity index is 413. The van der Waals surface area contributed by atoms with E-state index in [2.05, 4.69) is 11.9 Å². The lowest BCUT2D eigenvalue weighted by Gasteiger charge is -2.05. The molecule has 0 N–H and O–H groups in total. The highest BCUT2D eigenvalue weighted by Crippen LogP contribution is 2.22. The fourth-order valence-electron chi connectivity index (χ4n) is 1.70. The highest BCUT2D eigenvalue weighted by Gasteiger charge is 2.10. The first-order valence-electron chi connectivity index (χ1n) is 6.58. The summed E-state index contributed by atoms with van der Waals surface area (Å²) in [6, 6.07) is 2.50. The molecule has 0 atom stereocenters. The monoisotopic (exact) mass is 286 g/mol. The van der Waals surface area contributed by atoms with Gasteiger partial charge in [-0.05, 0) is 6.42 Å². The van der Waals surface area contributed by atoms with Gasteiger partial charge in [-0.1, -0.05) is 50.6 Å². The van der Waals surface area contributed by atoms with Crippen LogP contribution in [0.25, 0.3) is 0 Å². The highest BCUT2D eigenvalue weighted by molar-refractivity contribution is 6.29. The van der Waals surface area contributed by atoms with Crippen LogP contribution >= 0.6 is 11.6 Å². The third-order valence-corrected chi connectivity index (χ3v) is 2.91. The number of nitrogens with zero attached hydrogens (tertiary/aromatic N) is 2. The molecular formula is C13H19ClN2O3. The lowest BCUT2D eigenvalue weighted by Crippen LogP contribution is -2.00. The van der Waals surface area contributed by atoms with Crippen LogP contribution in [0.15, 0.2) is 12.1 Å². The maximum atomic E-state index is 10.6. The van der Waals surface area contributed by atoms with Crippen LogP contribution in [-0.2, 0) is 0 Å². The number of halogens is 1. The normalized spacial score (nSPS) is 10.4. The zero-order chi connectivity index (χ0) is 14.1.